The van der Waals surface area contributed by atoms with Gasteiger partial charge in [0.15, 0.2) is 12.4 Å². The van der Waals surface area contributed by atoms with Crippen molar-refractivity contribution in [2.75, 3.05) is 0 Å². The third kappa shape index (κ3) is 1.56. The summed E-state index contributed by atoms with van der Waals surface area (Å²) in [5.41, 5.74) is 1.60. The van der Waals surface area contributed by atoms with E-state index in [-0.39, 0.29) is 5.41 Å². The first-order valence-electron chi connectivity index (χ1n) is 3.57. The van der Waals surface area contributed by atoms with Crippen LogP contribution in [0.3, 0.4) is 0 Å². The Kier molecular flexibility index (Phi) is 1.75. The summed E-state index contributed by atoms with van der Waals surface area (Å²) in [7, 11) is 0. The van der Waals surface area contributed by atoms with Crippen molar-refractivity contribution in [3.8, 4) is 0 Å². The molecule has 0 aliphatic carbocycles. The molecule has 0 amide bonds. The fraction of sp³-hybridized carbons (Fsp3) is 0.444. The molecule has 0 aliphatic rings. The number of nitrogens with one attached hydrogen (secondary N) is 1. The minimum atomic E-state index is 0.262. The van der Waals surface area contributed by atoms with E-state index < -0.39 is 0 Å². The van der Waals surface area contributed by atoms with Crippen LogP contribution >= 0.6 is 0 Å². The van der Waals surface area contributed by atoms with Crippen LogP contribution in [0, 0.1) is 0 Å². The van der Waals surface area contributed by atoms with Crippen LogP contribution in [0.1, 0.15) is 26.3 Å². The summed E-state index contributed by atoms with van der Waals surface area (Å²) in [4.78, 5) is 3.07. The van der Waals surface area contributed by atoms with Gasteiger partial charge in [-0.3, -0.25) is 0 Å². The molecule has 0 saturated heterocycles. The van der Waals surface area contributed by atoms with E-state index in [1.807, 2.05) is 18.5 Å². The van der Waals surface area contributed by atoms with E-state index >= 15 is 0 Å². The van der Waals surface area contributed by atoms with Gasteiger partial charge in [0.1, 0.15) is 0 Å². The van der Waals surface area contributed by atoms with E-state index in [0.717, 1.165) is 0 Å². The predicted octanol–water partition coefficient (Wildman–Crippen LogP) is 1.80. The Labute approximate surface area is 62.1 Å². The van der Waals surface area contributed by atoms with Gasteiger partial charge in [0.05, 0.1) is 0 Å². The highest BCUT2D eigenvalue weighted by Crippen LogP contribution is 2.19. The molecule has 54 valence electrons. The second-order valence-corrected chi connectivity index (χ2v) is 3.54. The maximum Gasteiger partial charge on any atom is 0.170 e. The number of pyridine rings is 1. The summed E-state index contributed by atoms with van der Waals surface area (Å²) >= 11 is 0. The first kappa shape index (κ1) is 7.26. The number of hydrogen-bond acceptors (Lipinski definition) is 0. The lowest BCUT2D eigenvalue weighted by Crippen LogP contribution is -2.14. The molecule has 0 bridgehead atoms. The van der Waals surface area contributed by atoms with E-state index in [1.165, 1.54) is 5.56 Å². The molecule has 0 radical (unpaired) electrons. The average Bonchev–Trinajstić information content (AvgIpc) is 1.88. The fourth-order valence-corrected chi connectivity index (χ4v) is 0.860. The molecule has 0 unspecified atom stereocenters. The van der Waals surface area contributed by atoms with Gasteiger partial charge >= 0.3 is 0 Å². The lowest BCUT2D eigenvalue weighted by Gasteiger charge is -2.15. The summed E-state index contributed by atoms with van der Waals surface area (Å²) < 4.78 is 0. The fourth-order valence-electron chi connectivity index (χ4n) is 0.860. The monoisotopic (exact) mass is 136 g/mol. The molecule has 0 fully saturated rings. The highest BCUT2D eigenvalue weighted by Gasteiger charge is 2.14. The van der Waals surface area contributed by atoms with E-state index in [2.05, 4.69) is 31.8 Å². The Morgan fingerprint density at radius 2 is 2.00 bits per heavy atom. The van der Waals surface area contributed by atoms with Crippen molar-refractivity contribution < 1.29 is 4.98 Å². The maximum atomic E-state index is 3.07. The normalized spacial score (nSPS) is 11.5. The summed E-state index contributed by atoms with van der Waals surface area (Å²) in [6.45, 7) is 6.61. The number of aromatic amines is 1. The van der Waals surface area contributed by atoms with E-state index in [4.69, 9.17) is 0 Å². The van der Waals surface area contributed by atoms with Crippen LogP contribution in [-0.4, -0.2) is 0 Å². The molecule has 0 spiro atoms. The lowest BCUT2D eigenvalue weighted by molar-refractivity contribution is -0.379. The molecular formula is C9H14N+. The average molecular weight is 136 g/mol. The van der Waals surface area contributed by atoms with Crippen LogP contribution in [0.5, 0.6) is 0 Å². The van der Waals surface area contributed by atoms with Crippen molar-refractivity contribution in [2.24, 2.45) is 0 Å². The molecule has 1 aromatic rings. The minimum Gasteiger partial charge on any atom is -0.218 e. The predicted molar refractivity (Wildman–Crippen MR) is 41.7 cm³/mol. The van der Waals surface area contributed by atoms with Crippen LogP contribution in [0.25, 0.3) is 0 Å². The molecule has 1 aromatic heterocycles. The highest BCUT2D eigenvalue weighted by atomic mass is 14.6. The smallest absolute Gasteiger partial charge is 0.170 e. The van der Waals surface area contributed by atoms with Crippen molar-refractivity contribution in [3.05, 3.63) is 30.1 Å². The van der Waals surface area contributed by atoms with Gasteiger partial charge in [-0.1, -0.05) is 20.8 Å². The van der Waals surface area contributed by atoms with Crippen LogP contribution in [0.2, 0.25) is 0 Å². The van der Waals surface area contributed by atoms with Gasteiger partial charge in [0.25, 0.3) is 0 Å². The molecule has 1 heteroatoms. The van der Waals surface area contributed by atoms with Crippen LogP contribution in [0.4, 0.5) is 0 Å². The van der Waals surface area contributed by atoms with E-state index in [1.54, 1.807) is 0 Å². The van der Waals surface area contributed by atoms with Crippen molar-refractivity contribution in [2.45, 2.75) is 26.2 Å². The third-order valence-electron chi connectivity index (χ3n) is 1.57. The first-order chi connectivity index (χ1) is 4.61. The summed E-state index contributed by atoms with van der Waals surface area (Å²) in [6.07, 6.45) is 3.97. The highest BCUT2D eigenvalue weighted by molar-refractivity contribution is 5.15. The van der Waals surface area contributed by atoms with Gasteiger partial charge in [0.2, 0.25) is 0 Å². The largest absolute Gasteiger partial charge is 0.218 e. The van der Waals surface area contributed by atoms with Crippen molar-refractivity contribution in [1.82, 2.24) is 0 Å². The zero-order valence-electron chi connectivity index (χ0n) is 6.81. The molecule has 0 aliphatic heterocycles. The molecular weight excluding hydrogens is 122 g/mol. The summed E-state index contributed by atoms with van der Waals surface area (Å²) in [5.74, 6) is 0. The molecule has 1 rings (SSSR count). The Hall–Kier alpha value is -0.850. The number of hydrogen-bond donors (Lipinski definition) is 0. The first-order valence-corrected chi connectivity index (χ1v) is 3.57. The van der Waals surface area contributed by atoms with Crippen molar-refractivity contribution in [3.63, 3.8) is 0 Å². The third-order valence-corrected chi connectivity index (χ3v) is 1.57. The van der Waals surface area contributed by atoms with Crippen molar-refractivity contribution >= 4 is 0 Å². The molecule has 1 heterocycles. The summed E-state index contributed by atoms with van der Waals surface area (Å²) in [5, 5.41) is 0. The SMILES string of the molecule is CC(C)(C)c1ccc[nH+]c1. The molecule has 1 N–H and O–H groups in total. The molecule has 0 aromatic carbocycles. The zero-order chi connectivity index (χ0) is 7.61. The zero-order valence-corrected chi connectivity index (χ0v) is 6.81. The topological polar surface area (TPSA) is 14.1 Å². The Bertz CT molecular complexity index is 196. The molecule has 0 saturated carbocycles. The quantitative estimate of drug-likeness (QED) is 0.516. The van der Waals surface area contributed by atoms with E-state index in [9.17, 15) is 0 Å². The molecule has 0 atom stereocenters. The standard InChI is InChI=1S/C9H13N/c1-9(2,3)8-5-4-6-10-7-8/h4-7H,1-3H3/p+1. The van der Waals surface area contributed by atoms with Gasteiger partial charge in [-0.2, -0.15) is 0 Å². The number of rotatable bonds is 0. The molecule has 1 nitrogen and oxygen atoms in total. The Balaban J connectivity index is 2.97. The maximum absolute atomic E-state index is 3.07. The second kappa shape index (κ2) is 2.41. The number of aromatic nitrogens is 1. The Morgan fingerprint density at radius 1 is 1.30 bits per heavy atom. The van der Waals surface area contributed by atoms with Crippen LogP contribution in [0.15, 0.2) is 24.5 Å². The van der Waals surface area contributed by atoms with Gasteiger partial charge in [0, 0.05) is 11.6 Å². The minimum absolute atomic E-state index is 0.262. The van der Waals surface area contributed by atoms with E-state index in [0.29, 0.717) is 0 Å². The number of H-pyrrole nitrogens is 1. The van der Waals surface area contributed by atoms with Gasteiger partial charge in [-0.25, -0.2) is 4.98 Å². The molecule has 10 heavy (non-hydrogen) atoms. The van der Waals surface area contributed by atoms with Crippen LogP contribution in [-0.2, 0) is 5.41 Å². The van der Waals surface area contributed by atoms with Gasteiger partial charge in [-0.05, 0) is 11.5 Å². The summed E-state index contributed by atoms with van der Waals surface area (Å²) in [6, 6.07) is 4.16. The second-order valence-electron chi connectivity index (χ2n) is 3.54. The van der Waals surface area contributed by atoms with Crippen molar-refractivity contribution in [1.29, 1.82) is 0 Å². The van der Waals surface area contributed by atoms with Crippen LogP contribution < -0.4 is 4.98 Å². The van der Waals surface area contributed by atoms with Gasteiger partial charge < -0.3 is 0 Å². The van der Waals surface area contributed by atoms with Gasteiger partial charge in [-0.15, -0.1) is 0 Å². The Morgan fingerprint density at radius 3 is 2.30 bits per heavy atom. The lowest BCUT2D eigenvalue weighted by atomic mass is 9.88.